The molecule has 0 aromatic rings. The van der Waals surface area contributed by atoms with Crippen molar-refractivity contribution in [2.24, 2.45) is 0 Å². The number of carbonyl (C=O) groups excluding carboxylic acids is 1. The van der Waals surface area contributed by atoms with E-state index in [9.17, 15) is 4.79 Å². The first-order chi connectivity index (χ1) is 2.81. The van der Waals surface area contributed by atoms with Crippen molar-refractivity contribution in [2.45, 2.75) is 0 Å². The van der Waals surface area contributed by atoms with Gasteiger partial charge in [0, 0.05) is 35.6 Å². The van der Waals surface area contributed by atoms with Crippen molar-refractivity contribution in [1.82, 2.24) is 0 Å². The molecule has 0 saturated heterocycles. The van der Waals surface area contributed by atoms with Crippen molar-refractivity contribution in [1.29, 1.82) is 0 Å². The molecule has 7 heavy (non-hydrogen) atoms. The van der Waals surface area contributed by atoms with Crippen LogP contribution in [-0.4, -0.2) is 42.6 Å². The number of ether oxygens (including phenoxy) is 1. The molecule has 0 unspecified atom stereocenters. The van der Waals surface area contributed by atoms with Crippen molar-refractivity contribution < 1.29 is 9.53 Å². The predicted molar refractivity (Wildman–Crippen MR) is 28.0 cm³/mol. The first kappa shape index (κ1) is 10.2. The molecule has 0 fully saturated rings. The van der Waals surface area contributed by atoms with Crippen LogP contribution >= 0.6 is 0 Å². The van der Waals surface area contributed by atoms with Gasteiger partial charge in [0.2, 0.25) is 0 Å². The summed E-state index contributed by atoms with van der Waals surface area (Å²) < 4.78 is 4.14. The molecular formula is C4H6NaO2. The summed E-state index contributed by atoms with van der Waals surface area (Å²) in [6.07, 6.45) is 1.11. The minimum absolute atomic E-state index is 0. The number of esters is 1. The molecule has 0 rings (SSSR count). The van der Waals surface area contributed by atoms with E-state index in [0.717, 1.165) is 6.08 Å². The van der Waals surface area contributed by atoms with E-state index in [-0.39, 0.29) is 29.6 Å². The van der Waals surface area contributed by atoms with Crippen LogP contribution in [0.25, 0.3) is 0 Å². The van der Waals surface area contributed by atoms with Crippen LogP contribution in [0.2, 0.25) is 0 Å². The second-order valence-electron chi connectivity index (χ2n) is 0.727. The van der Waals surface area contributed by atoms with Gasteiger partial charge in [-0.3, -0.25) is 0 Å². The Morgan fingerprint density at radius 2 is 2.29 bits per heavy atom. The molecular weight excluding hydrogens is 103 g/mol. The van der Waals surface area contributed by atoms with Gasteiger partial charge in [-0.05, 0) is 0 Å². The molecule has 0 saturated carbocycles. The quantitative estimate of drug-likeness (QED) is 0.268. The van der Waals surface area contributed by atoms with E-state index in [4.69, 9.17) is 0 Å². The van der Waals surface area contributed by atoms with Crippen LogP contribution in [-0.2, 0) is 9.53 Å². The van der Waals surface area contributed by atoms with Gasteiger partial charge in [0.25, 0.3) is 0 Å². The predicted octanol–water partition coefficient (Wildman–Crippen LogP) is -0.0354. The fourth-order valence-corrected chi connectivity index (χ4v) is 0.0833. The summed E-state index contributed by atoms with van der Waals surface area (Å²) in [7, 11) is 1.31. The number of carbonyl (C=O) groups is 1. The van der Waals surface area contributed by atoms with E-state index < -0.39 is 5.97 Å². The Morgan fingerprint density at radius 1 is 1.86 bits per heavy atom. The Kier molecular flexibility index (Phi) is 9.09. The molecule has 0 aliphatic carbocycles. The van der Waals surface area contributed by atoms with Crippen LogP contribution in [0.5, 0.6) is 0 Å². The molecule has 0 aromatic carbocycles. The van der Waals surface area contributed by atoms with Crippen LogP contribution in [0.15, 0.2) is 12.7 Å². The zero-order chi connectivity index (χ0) is 4.99. The average Bonchev–Trinajstić information content (AvgIpc) is 1.65. The van der Waals surface area contributed by atoms with Crippen LogP contribution < -0.4 is 0 Å². The molecule has 0 atom stereocenters. The molecule has 3 heteroatoms. The molecule has 2 nitrogen and oxygen atoms in total. The van der Waals surface area contributed by atoms with Gasteiger partial charge in [0.15, 0.2) is 0 Å². The standard InChI is InChI=1S/C4H6O2.Na/c1-3-4(5)6-2;/h3H,1H2,2H3;. The van der Waals surface area contributed by atoms with Gasteiger partial charge in [0.1, 0.15) is 0 Å². The summed E-state index contributed by atoms with van der Waals surface area (Å²) in [5.41, 5.74) is 0. The van der Waals surface area contributed by atoms with Crippen LogP contribution in [0.1, 0.15) is 0 Å². The second kappa shape index (κ2) is 6.21. The normalized spacial score (nSPS) is 5.86. The Bertz CT molecular complexity index is 70.1. The van der Waals surface area contributed by atoms with Gasteiger partial charge < -0.3 is 4.74 Å². The Morgan fingerprint density at radius 3 is 2.29 bits per heavy atom. The summed E-state index contributed by atoms with van der Waals surface area (Å²) in [4.78, 5) is 9.84. The van der Waals surface area contributed by atoms with Gasteiger partial charge in [-0.15, -0.1) is 0 Å². The molecule has 0 N–H and O–H groups in total. The van der Waals surface area contributed by atoms with Crippen molar-refractivity contribution >= 4 is 35.5 Å². The van der Waals surface area contributed by atoms with E-state index in [1.54, 1.807) is 0 Å². The molecule has 0 spiro atoms. The van der Waals surface area contributed by atoms with Crippen molar-refractivity contribution in [3.63, 3.8) is 0 Å². The molecule has 1 radical (unpaired) electrons. The first-order valence-electron chi connectivity index (χ1n) is 1.51. The topological polar surface area (TPSA) is 26.3 Å². The van der Waals surface area contributed by atoms with E-state index >= 15 is 0 Å². The minimum Gasteiger partial charge on any atom is -0.466 e. The maximum Gasteiger partial charge on any atom is 0.329 e. The van der Waals surface area contributed by atoms with Crippen molar-refractivity contribution in [3.05, 3.63) is 12.7 Å². The maximum atomic E-state index is 9.84. The van der Waals surface area contributed by atoms with Gasteiger partial charge in [0.05, 0.1) is 7.11 Å². The Labute approximate surface area is 64.8 Å². The molecule has 0 aliphatic rings. The minimum atomic E-state index is -0.394. The fourth-order valence-electron chi connectivity index (χ4n) is 0.0833. The SMILES string of the molecule is C=CC(=O)OC.[Na]. The third kappa shape index (κ3) is 6.21. The largest absolute Gasteiger partial charge is 0.466 e. The third-order valence-electron chi connectivity index (χ3n) is 0.368. The zero-order valence-corrected chi connectivity index (χ0v) is 6.60. The number of hydrogen-bond acceptors (Lipinski definition) is 2. The molecule has 0 heterocycles. The van der Waals surface area contributed by atoms with Gasteiger partial charge in [-0.1, -0.05) is 6.58 Å². The van der Waals surface area contributed by atoms with Crippen molar-refractivity contribution in [2.75, 3.05) is 7.11 Å². The van der Waals surface area contributed by atoms with Gasteiger partial charge >= 0.3 is 5.97 Å². The average molecular weight is 109 g/mol. The fraction of sp³-hybridized carbons (Fsp3) is 0.250. The Balaban J connectivity index is 0. The molecule has 0 amide bonds. The van der Waals surface area contributed by atoms with Crippen molar-refractivity contribution in [3.8, 4) is 0 Å². The van der Waals surface area contributed by atoms with E-state index in [1.807, 2.05) is 0 Å². The summed E-state index contributed by atoms with van der Waals surface area (Å²) in [6, 6.07) is 0. The van der Waals surface area contributed by atoms with Gasteiger partial charge in [-0.2, -0.15) is 0 Å². The molecule has 0 aliphatic heterocycles. The van der Waals surface area contributed by atoms with Crippen LogP contribution in [0.4, 0.5) is 0 Å². The third-order valence-corrected chi connectivity index (χ3v) is 0.368. The molecule has 35 valence electrons. The smallest absolute Gasteiger partial charge is 0.329 e. The monoisotopic (exact) mass is 109 g/mol. The van der Waals surface area contributed by atoms with Crippen LogP contribution in [0, 0.1) is 0 Å². The first-order valence-corrected chi connectivity index (χ1v) is 1.51. The summed E-state index contributed by atoms with van der Waals surface area (Å²) in [5.74, 6) is -0.394. The Hall–Kier alpha value is 0.210. The molecule has 0 aromatic heterocycles. The summed E-state index contributed by atoms with van der Waals surface area (Å²) in [5, 5.41) is 0. The number of hydrogen-bond donors (Lipinski definition) is 0. The summed E-state index contributed by atoms with van der Waals surface area (Å²) >= 11 is 0. The van der Waals surface area contributed by atoms with E-state index in [2.05, 4.69) is 11.3 Å². The van der Waals surface area contributed by atoms with E-state index in [1.165, 1.54) is 7.11 Å². The zero-order valence-electron chi connectivity index (χ0n) is 4.60. The summed E-state index contributed by atoms with van der Waals surface area (Å²) in [6.45, 7) is 3.16. The number of rotatable bonds is 1. The molecule has 0 bridgehead atoms. The maximum absolute atomic E-state index is 9.84. The van der Waals surface area contributed by atoms with Crippen LogP contribution in [0.3, 0.4) is 0 Å². The number of methoxy groups -OCH3 is 1. The van der Waals surface area contributed by atoms with E-state index in [0.29, 0.717) is 0 Å². The van der Waals surface area contributed by atoms with Gasteiger partial charge in [-0.25, -0.2) is 4.79 Å². The second-order valence-corrected chi connectivity index (χ2v) is 0.727.